The van der Waals surface area contributed by atoms with Crippen molar-refractivity contribution in [2.75, 3.05) is 10.0 Å². The van der Waals surface area contributed by atoms with Crippen molar-refractivity contribution in [1.29, 1.82) is 5.26 Å². The number of carbonyl (C=O) groups is 1. The minimum atomic E-state index is -3.86. The van der Waals surface area contributed by atoms with Gasteiger partial charge >= 0.3 is 0 Å². The van der Waals surface area contributed by atoms with Gasteiger partial charge in [0, 0.05) is 22.0 Å². The van der Waals surface area contributed by atoms with Crippen LogP contribution < -0.4 is 10.0 Å². The summed E-state index contributed by atoms with van der Waals surface area (Å²) in [7, 11) is -3.86. The maximum atomic E-state index is 12.7. The molecule has 0 unspecified atom stereocenters. The monoisotopic (exact) mass is 425 g/mol. The highest BCUT2D eigenvalue weighted by Crippen LogP contribution is 2.24. The molecule has 0 aliphatic rings. The van der Waals surface area contributed by atoms with Gasteiger partial charge in [-0.2, -0.15) is 5.26 Å². The Balaban J connectivity index is 1.86. The summed E-state index contributed by atoms with van der Waals surface area (Å²) in [4.78, 5) is 12.5. The number of amides is 1. The Morgan fingerprint density at radius 2 is 1.76 bits per heavy atom. The number of halogens is 1. The van der Waals surface area contributed by atoms with Gasteiger partial charge in [-0.1, -0.05) is 23.7 Å². The van der Waals surface area contributed by atoms with Gasteiger partial charge in [0.2, 0.25) is 0 Å². The summed E-state index contributed by atoms with van der Waals surface area (Å²) >= 11 is 5.82. The third kappa shape index (κ3) is 4.93. The number of hydrogen-bond acceptors (Lipinski definition) is 4. The van der Waals surface area contributed by atoms with Gasteiger partial charge in [0.05, 0.1) is 16.5 Å². The van der Waals surface area contributed by atoms with Crippen molar-refractivity contribution in [1.82, 2.24) is 0 Å². The fourth-order valence-electron chi connectivity index (χ4n) is 2.56. The van der Waals surface area contributed by atoms with Gasteiger partial charge in [-0.05, 0) is 67.1 Å². The number of hydrogen-bond donors (Lipinski definition) is 2. The average Bonchev–Trinajstić information content (AvgIpc) is 2.71. The molecule has 0 saturated carbocycles. The number of benzene rings is 3. The molecule has 2 N–H and O–H groups in total. The zero-order valence-corrected chi connectivity index (χ0v) is 16.9. The van der Waals surface area contributed by atoms with Crippen LogP contribution in [0.4, 0.5) is 11.4 Å². The highest BCUT2D eigenvalue weighted by Gasteiger charge is 2.17. The molecule has 0 aromatic heterocycles. The van der Waals surface area contributed by atoms with Crippen LogP contribution in [-0.4, -0.2) is 14.3 Å². The molecule has 0 atom stereocenters. The van der Waals surface area contributed by atoms with Crippen LogP contribution in [0.1, 0.15) is 21.5 Å². The number of rotatable bonds is 5. The molecule has 3 rings (SSSR count). The lowest BCUT2D eigenvalue weighted by molar-refractivity contribution is 0.102. The highest BCUT2D eigenvalue weighted by molar-refractivity contribution is 7.92. The smallest absolute Gasteiger partial charge is 0.261 e. The first-order valence-electron chi connectivity index (χ1n) is 8.49. The van der Waals surface area contributed by atoms with E-state index in [1.54, 1.807) is 55.5 Å². The molecule has 3 aromatic carbocycles. The zero-order chi connectivity index (χ0) is 21.0. The van der Waals surface area contributed by atoms with E-state index in [4.69, 9.17) is 16.9 Å². The molecule has 8 heteroatoms. The van der Waals surface area contributed by atoms with Gasteiger partial charge in [0.1, 0.15) is 0 Å². The molecule has 0 fully saturated rings. The Bertz CT molecular complexity index is 1220. The first kappa shape index (κ1) is 20.4. The van der Waals surface area contributed by atoms with Crippen molar-refractivity contribution in [2.45, 2.75) is 11.8 Å². The number of nitrogens with one attached hydrogen (secondary N) is 2. The van der Waals surface area contributed by atoms with E-state index in [0.717, 1.165) is 0 Å². The van der Waals surface area contributed by atoms with E-state index < -0.39 is 15.9 Å². The number of nitrogens with zero attached hydrogens (tertiary/aromatic N) is 1. The van der Waals surface area contributed by atoms with Crippen molar-refractivity contribution in [2.24, 2.45) is 0 Å². The van der Waals surface area contributed by atoms with Gasteiger partial charge < -0.3 is 5.32 Å². The van der Waals surface area contributed by atoms with Crippen LogP contribution in [0, 0.1) is 18.3 Å². The van der Waals surface area contributed by atoms with Gasteiger partial charge in [-0.3, -0.25) is 9.52 Å². The predicted molar refractivity (Wildman–Crippen MR) is 113 cm³/mol. The second-order valence-electron chi connectivity index (χ2n) is 6.24. The topological polar surface area (TPSA) is 99.1 Å². The molecule has 0 radical (unpaired) electrons. The Morgan fingerprint density at radius 1 is 1.03 bits per heavy atom. The van der Waals surface area contributed by atoms with Gasteiger partial charge in [-0.15, -0.1) is 0 Å². The third-order valence-corrected chi connectivity index (χ3v) is 5.75. The van der Waals surface area contributed by atoms with E-state index in [9.17, 15) is 13.2 Å². The van der Waals surface area contributed by atoms with Gasteiger partial charge in [0.15, 0.2) is 0 Å². The maximum absolute atomic E-state index is 12.7. The van der Waals surface area contributed by atoms with E-state index in [-0.39, 0.29) is 4.90 Å². The summed E-state index contributed by atoms with van der Waals surface area (Å²) in [5, 5.41) is 12.2. The minimum Gasteiger partial charge on any atom is -0.322 e. The minimum absolute atomic E-state index is 0.000810. The molecule has 0 saturated heterocycles. The van der Waals surface area contributed by atoms with Gasteiger partial charge in [0.25, 0.3) is 15.9 Å². The van der Waals surface area contributed by atoms with Crippen LogP contribution in [0.5, 0.6) is 0 Å². The fraction of sp³-hybridized carbons (Fsp3) is 0.0476. The molecule has 0 spiro atoms. The number of nitriles is 1. The summed E-state index contributed by atoms with van der Waals surface area (Å²) in [5.74, 6) is -0.439. The molecule has 0 aliphatic heterocycles. The van der Waals surface area contributed by atoms with Crippen molar-refractivity contribution >= 4 is 38.9 Å². The quantitative estimate of drug-likeness (QED) is 0.625. The summed E-state index contributed by atoms with van der Waals surface area (Å²) in [6.07, 6.45) is 0. The Hall–Kier alpha value is -3.34. The fourth-order valence-corrected chi connectivity index (χ4v) is 3.77. The Labute approximate surface area is 173 Å². The number of carbonyl (C=O) groups excluding carboxylic acids is 1. The SMILES string of the molecule is Cc1ccc(S(=O)(=O)Nc2ccc(Cl)cc2)cc1NC(=O)c1cccc(C#N)c1. The second kappa shape index (κ2) is 8.35. The zero-order valence-electron chi connectivity index (χ0n) is 15.3. The number of aryl methyl sites for hydroxylation is 1. The van der Waals surface area contributed by atoms with Crippen LogP contribution in [-0.2, 0) is 10.0 Å². The van der Waals surface area contributed by atoms with Crippen LogP contribution in [0.15, 0.2) is 71.6 Å². The average molecular weight is 426 g/mol. The van der Waals surface area contributed by atoms with E-state index in [0.29, 0.717) is 33.1 Å². The molecular weight excluding hydrogens is 410 g/mol. The third-order valence-electron chi connectivity index (χ3n) is 4.12. The number of anilines is 2. The van der Waals surface area contributed by atoms with Crippen LogP contribution >= 0.6 is 11.6 Å². The summed E-state index contributed by atoms with van der Waals surface area (Å²) < 4.78 is 27.9. The maximum Gasteiger partial charge on any atom is 0.261 e. The van der Waals surface area contributed by atoms with E-state index >= 15 is 0 Å². The van der Waals surface area contributed by atoms with Crippen LogP contribution in [0.2, 0.25) is 5.02 Å². The predicted octanol–water partition coefficient (Wildman–Crippen LogP) is 4.57. The molecule has 146 valence electrons. The van der Waals surface area contributed by atoms with E-state index in [1.165, 1.54) is 18.2 Å². The molecule has 0 bridgehead atoms. The van der Waals surface area contributed by atoms with Crippen molar-refractivity contribution in [3.63, 3.8) is 0 Å². The molecule has 6 nitrogen and oxygen atoms in total. The second-order valence-corrected chi connectivity index (χ2v) is 8.35. The highest BCUT2D eigenvalue weighted by atomic mass is 35.5. The lowest BCUT2D eigenvalue weighted by Gasteiger charge is -2.13. The lowest BCUT2D eigenvalue weighted by atomic mass is 10.1. The normalized spacial score (nSPS) is 10.8. The van der Waals surface area contributed by atoms with E-state index in [2.05, 4.69) is 10.0 Å². The first-order chi connectivity index (χ1) is 13.8. The van der Waals surface area contributed by atoms with E-state index in [1.807, 2.05) is 6.07 Å². The molecule has 29 heavy (non-hydrogen) atoms. The Morgan fingerprint density at radius 3 is 2.45 bits per heavy atom. The lowest BCUT2D eigenvalue weighted by Crippen LogP contribution is -2.16. The summed E-state index contributed by atoms with van der Waals surface area (Å²) in [6.45, 7) is 1.75. The summed E-state index contributed by atoms with van der Waals surface area (Å²) in [5.41, 5.74) is 2.08. The van der Waals surface area contributed by atoms with Crippen LogP contribution in [0.3, 0.4) is 0 Å². The molecule has 0 heterocycles. The van der Waals surface area contributed by atoms with Crippen molar-refractivity contribution in [3.05, 3.63) is 88.4 Å². The first-order valence-corrected chi connectivity index (χ1v) is 10.4. The van der Waals surface area contributed by atoms with Crippen LogP contribution in [0.25, 0.3) is 0 Å². The molecule has 1 amide bonds. The largest absolute Gasteiger partial charge is 0.322 e. The Kier molecular flexibility index (Phi) is 5.87. The summed E-state index contributed by atoms with van der Waals surface area (Å²) in [6, 6.07) is 18.9. The molecule has 0 aliphatic carbocycles. The standard InChI is InChI=1S/C21H16ClN3O3S/c1-14-5-10-19(29(27,28)25-18-8-6-17(22)7-9-18)12-20(14)24-21(26)16-4-2-3-15(11-16)13-23/h2-12,25H,1H3,(H,24,26). The molecule has 3 aromatic rings. The number of sulfonamides is 1. The molecular formula is C21H16ClN3O3S. The van der Waals surface area contributed by atoms with Crippen molar-refractivity contribution < 1.29 is 13.2 Å². The van der Waals surface area contributed by atoms with Crippen molar-refractivity contribution in [3.8, 4) is 6.07 Å². The van der Waals surface area contributed by atoms with Gasteiger partial charge in [-0.25, -0.2) is 8.42 Å².